The van der Waals surface area contributed by atoms with Crippen LogP contribution in [0.5, 0.6) is 0 Å². The van der Waals surface area contributed by atoms with E-state index in [0.29, 0.717) is 11.6 Å². The van der Waals surface area contributed by atoms with Gasteiger partial charge in [0.15, 0.2) is 5.82 Å². The lowest BCUT2D eigenvalue weighted by molar-refractivity contribution is -0.915. The van der Waals surface area contributed by atoms with Gasteiger partial charge in [-0.3, -0.25) is 4.90 Å². The number of rotatable bonds is 5. The molecule has 7 heteroatoms. The molecule has 3 N–H and O–H groups in total. The van der Waals surface area contributed by atoms with E-state index in [0.717, 1.165) is 49.6 Å². The molecule has 1 aromatic carbocycles. The molecule has 0 radical (unpaired) electrons. The monoisotopic (exact) mass is 373 g/mol. The Morgan fingerprint density at radius 3 is 2.77 bits per heavy atom. The first-order valence-corrected chi connectivity index (χ1v) is 9.43. The standard InChI is InChI=1S/C19H22ClN5O/c20-15-4-5-16-17(13-15)25(11-12-26)19(22-16)14-23-7-9-24(10-8-23)18-3-1-2-6-21-18/h1-6,13,26H,7-12,14H2/p+2. The number of nitrogens with zero attached hydrogens (tertiary/aromatic N) is 3. The maximum absolute atomic E-state index is 9.46. The van der Waals surface area contributed by atoms with Crippen molar-refractivity contribution in [3.05, 3.63) is 53.4 Å². The molecule has 3 aromatic rings. The van der Waals surface area contributed by atoms with Gasteiger partial charge in [-0.05, 0) is 24.3 Å². The molecule has 0 spiro atoms. The molecular formula is C19H24ClN5O+2. The van der Waals surface area contributed by atoms with Gasteiger partial charge < -0.3 is 14.6 Å². The summed E-state index contributed by atoms with van der Waals surface area (Å²) >= 11 is 6.15. The Hall–Kier alpha value is -2.15. The topological polar surface area (TPSA) is 59.9 Å². The smallest absolute Gasteiger partial charge is 0.274 e. The number of imidazole rings is 1. The molecule has 0 unspecified atom stereocenters. The van der Waals surface area contributed by atoms with Crippen LogP contribution >= 0.6 is 11.6 Å². The quantitative estimate of drug-likeness (QED) is 0.680. The van der Waals surface area contributed by atoms with Gasteiger partial charge >= 0.3 is 0 Å². The first kappa shape index (κ1) is 17.3. The van der Waals surface area contributed by atoms with E-state index in [2.05, 4.69) is 26.6 Å². The third-order valence-corrected chi connectivity index (χ3v) is 5.26. The van der Waals surface area contributed by atoms with Gasteiger partial charge in [-0.15, -0.1) is 0 Å². The third-order valence-electron chi connectivity index (χ3n) is 5.02. The highest BCUT2D eigenvalue weighted by Gasteiger charge is 2.27. The Morgan fingerprint density at radius 1 is 1.19 bits per heavy atom. The molecule has 26 heavy (non-hydrogen) atoms. The second kappa shape index (κ2) is 7.61. The van der Waals surface area contributed by atoms with Crippen molar-refractivity contribution in [3.8, 4) is 0 Å². The van der Waals surface area contributed by atoms with Crippen LogP contribution in [0.25, 0.3) is 11.0 Å². The normalized spacial score (nSPS) is 15.7. The average molecular weight is 374 g/mol. The SMILES string of the molecule is OCCn1c(C[NH+]2CCN(c3cccc[nH+]3)CC2)nc2ccc(Cl)cc21. The van der Waals surface area contributed by atoms with Crippen molar-refractivity contribution < 1.29 is 15.0 Å². The minimum Gasteiger partial charge on any atom is -0.395 e. The van der Waals surface area contributed by atoms with Gasteiger partial charge in [-0.1, -0.05) is 17.7 Å². The number of fused-ring (bicyclic) bond motifs is 1. The summed E-state index contributed by atoms with van der Waals surface area (Å²) in [4.78, 5) is 12.0. The molecule has 0 amide bonds. The van der Waals surface area contributed by atoms with Crippen LogP contribution in [0, 0.1) is 0 Å². The lowest BCUT2D eigenvalue weighted by Crippen LogP contribution is -3.13. The van der Waals surface area contributed by atoms with Crippen LogP contribution in [0.1, 0.15) is 5.82 Å². The highest BCUT2D eigenvalue weighted by atomic mass is 35.5. The number of aromatic amines is 1. The summed E-state index contributed by atoms with van der Waals surface area (Å²) < 4.78 is 2.10. The molecule has 1 aliphatic heterocycles. The zero-order valence-electron chi connectivity index (χ0n) is 14.7. The van der Waals surface area contributed by atoms with Crippen molar-refractivity contribution in [2.24, 2.45) is 0 Å². The van der Waals surface area contributed by atoms with E-state index in [-0.39, 0.29) is 6.61 Å². The Bertz CT molecular complexity index is 874. The predicted octanol–water partition coefficient (Wildman–Crippen LogP) is 0.401. The summed E-state index contributed by atoms with van der Waals surface area (Å²) in [5.74, 6) is 2.19. The Balaban J connectivity index is 1.49. The average Bonchev–Trinajstić information content (AvgIpc) is 3.00. The minimum atomic E-state index is 0.0952. The summed E-state index contributed by atoms with van der Waals surface area (Å²) in [6, 6.07) is 11.9. The molecule has 2 aromatic heterocycles. The summed E-state index contributed by atoms with van der Waals surface area (Å²) in [5.41, 5.74) is 1.94. The first-order valence-electron chi connectivity index (χ1n) is 9.05. The van der Waals surface area contributed by atoms with E-state index in [9.17, 15) is 5.11 Å². The number of benzene rings is 1. The zero-order chi connectivity index (χ0) is 17.9. The lowest BCUT2D eigenvalue weighted by Gasteiger charge is -2.28. The van der Waals surface area contributed by atoms with Crippen molar-refractivity contribution in [1.29, 1.82) is 0 Å². The van der Waals surface area contributed by atoms with Crippen LogP contribution in [0.3, 0.4) is 0 Å². The number of piperazine rings is 1. The fourth-order valence-electron chi connectivity index (χ4n) is 3.68. The number of aromatic nitrogens is 3. The molecule has 1 aliphatic rings. The van der Waals surface area contributed by atoms with E-state index in [4.69, 9.17) is 16.6 Å². The minimum absolute atomic E-state index is 0.0952. The van der Waals surface area contributed by atoms with E-state index < -0.39 is 0 Å². The van der Waals surface area contributed by atoms with Crippen molar-refractivity contribution in [3.63, 3.8) is 0 Å². The number of quaternary nitrogens is 1. The Labute approximate surface area is 157 Å². The Morgan fingerprint density at radius 2 is 2.04 bits per heavy atom. The van der Waals surface area contributed by atoms with Crippen LogP contribution < -0.4 is 14.8 Å². The number of pyridine rings is 1. The van der Waals surface area contributed by atoms with Crippen molar-refractivity contribution in [2.45, 2.75) is 13.1 Å². The maximum Gasteiger partial charge on any atom is 0.274 e. The molecule has 6 nitrogen and oxygen atoms in total. The number of H-pyrrole nitrogens is 1. The fraction of sp³-hybridized carbons (Fsp3) is 0.368. The molecule has 1 saturated heterocycles. The van der Waals surface area contributed by atoms with Gasteiger partial charge in [0.1, 0.15) is 32.7 Å². The van der Waals surface area contributed by atoms with Crippen LogP contribution in [-0.2, 0) is 13.1 Å². The van der Waals surface area contributed by atoms with Crippen molar-refractivity contribution in [2.75, 3.05) is 37.7 Å². The highest BCUT2D eigenvalue weighted by molar-refractivity contribution is 6.31. The Kier molecular flexibility index (Phi) is 5.06. The van der Waals surface area contributed by atoms with Crippen molar-refractivity contribution in [1.82, 2.24) is 9.55 Å². The number of aliphatic hydroxyl groups is 1. The predicted molar refractivity (Wildman–Crippen MR) is 101 cm³/mol. The molecule has 136 valence electrons. The summed E-state index contributed by atoms with van der Waals surface area (Å²) in [5, 5.41) is 10.2. The van der Waals surface area contributed by atoms with Crippen molar-refractivity contribution >= 4 is 28.5 Å². The van der Waals surface area contributed by atoms with Gasteiger partial charge in [0.25, 0.3) is 5.82 Å². The molecule has 4 rings (SSSR count). The second-order valence-electron chi connectivity index (χ2n) is 6.70. The summed E-state index contributed by atoms with van der Waals surface area (Å²) in [7, 11) is 0. The molecule has 0 bridgehead atoms. The van der Waals surface area contributed by atoms with Crippen LogP contribution in [0.4, 0.5) is 5.82 Å². The molecule has 0 saturated carbocycles. The lowest BCUT2D eigenvalue weighted by atomic mass is 10.3. The number of hydrogen-bond acceptors (Lipinski definition) is 3. The second-order valence-corrected chi connectivity index (χ2v) is 7.13. The molecule has 3 heterocycles. The van der Waals surface area contributed by atoms with Gasteiger partial charge in [0, 0.05) is 17.6 Å². The van der Waals surface area contributed by atoms with E-state index in [1.807, 2.05) is 30.5 Å². The van der Waals surface area contributed by atoms with Gasteiger partial charge in [-0.25, -0.2) is 9.97 Å². The van der Waals surface area contributed by atoms with E-state index >= 15 is 0 Å². The third kappa shape index (κ3) is 3.53. The summed E-state index contributed by atoms with van der Waals surface area (Å²) in [6.45, 7) is 5.66. The highest BCUT2D eigenvalue weighted by Crippen LogP contribution is 2.20. The molecular weight excluding hydrogens is 350 g/mol. The van der Waals surface area contributed by atoms with Gasteiger partial charge in [-0.2, -0.15) is 0 Å². The number of hydrogen-bond donors (Lipinski definition) is 2. The first-order chi connectivity index (χ1) is 12.7. The van der Waals surface area contributed by atoms with Crippen LogP contribution in [0.2, 0.25) is 5.02 Å². The molecule has 1 fully saturated rings. The number of nitrogens with one attached hydrogen (secondary N) is 2. The molecule has 0 atom stereocenters. The van der Waals surface area contributed by atoms with Crippen LogP contribution in [0.15, 0.2) is 42.6 Å². The number of anilines is 1. The summed E-state index contributed by atoms with van der Waals surface area (Å²) in [6.07, 6.45) is 1.97. The van der Waals surface area contributed by atoms with Crippen LogP contribution in [-0.4, -0.2) is 47.4 Å². The number of halogens is 1. The number of aliphatic hydroxyl groups excluding tert-OH is 1. The van der Waals surface area contributed by atoms with Gasteiger partial charge in [0.05, 0.1) is 23.8 Å². The molecule has 0 aliphatic carbocycles. The van der Waals surface area contributed by atoms with E-state index in [1.165, 1.54) is 10.7 Å². The maximum atomic E-state index is 9.46. The largest absolute Gasteiger partial charge is 0.395 e. The van der Waals surface area contributed by atoms with Gasteiger partial charge in [0.2, 0.25) is 0 Å². The zero-order valence-corrected chi connectivity index (χ0v) is 15.4. The fourth-order valence-corrected chi connectivity index (χ4v) is 3.84. The van der Waals surface area contributed by atoms with E-state index in [1.54, 1.807) is 0 Å².